The number of carbonyl (C=O) groups excluding carboxylic acids is 1. The zero-order chi connectivity index (χ0) is 17.9. The van der Waals surface area contributed by atoms with Crippen LogP contribution in [0.1, 0.15) is 69.8 Å². The summed E-state index contributed by atoms with van der Waals surface area (Å²) < 4.78 is 0. The zero-order valence-corrected chi connectivity index (χ0v) is 15.8. The molecule has 0 bridgehead atoms. The number of hydrogen-bond donors (Lipinski definition) is 0. The van der Waals surface area contributed by atoms with Gasteiger partial charge >= 0.3 is 0 Å². The van der Waals surface area contributed by atoms with Gasteiger partial charge < -0.3 is 0 Å². The SMILES string of the molecule is CC.CC.CCCCC(=O)c1ccccc1.Cc1ccccc1. The first-order valence-electron chi connectivity index (χ1n) is 8.84. The third-order valence-corrected chi connectivity index (χ3v) is 2.79. The second-order valence-corrected chi connectivity index (χ2v) is 4.55. The van der Waals surface area contributed by atoms with Crippen LogP contribution in [0.2, 0.25) is 0 Å². The van der Waals surface area contributed by atoms with Gasteiger partial charge in [-0.15, -0.1) is 0 Å². The maximum atomic E-state index is 11.4. The van der Waals surface area contributed by atoms with Crippen LogP contribution < -0.4 is 0 Å². The summed E-state index contributed by atoms with van der Waals surface area (Å²) in [5.41, 5.74) is 2.16. The molecule has 0 amide bonds. The Hall–Kier alpha value is -1.89. The van der Waals surface area contributed by atoms with E-state index in [0.29, 0.717) is 6.42 Å². The third kappa shape index (κ3) is 13.5. The van der Waals surface area contributed by atoms with Crippen molar-refractivity contribution in [2.75, 3.05) is 0 Å². The summed E-state index contributed by atoms with van der Waals surface area (Å²) in [4.78, 5) is 11.4. The highest BCUT2D eigenvalue weighted by molar-refractivity contribution is 5.95. The van der Waals surface area contributed by atoms with Crippen molar-refractivity contribution in [1.29, 1.82) is 0 Å². The van der Waals surface area contributed by atoms with E-state index in [-0.39, 0.29) is 5.78 Å². The smallest absolute Gasteiger partial charge is 0.162 e. The molecule has 2 aromatic carbocycles. The molecule has 0 saturated carbocycles. The Balaban J connectivity index is 0. The number of aryl methyl sites for hydroxylation is 1. The van der Waals surface area contributed by atoms with Crippen molar-refractivity contribution >= 4 is 5.78 Å². The number of ketones is 1. The van der Waals surface area contributed by atoms with E-state index in [1.165, 1.54) is 5.56 Å². The highest BCUT2D eigenvalue weighted by atomic mass is 16.1. The summed E-state index contributed by atoms with van der Waals surface area (Å²) in [5, 5.41) is 0. The molecule has 0 saturated heterocycles. The number of unbranched alkanes of at least 4 members (excludes halogenated alkanes) is 1. The highest BCUT2D eigenvalue weighted by Crippen LogP contribution is 2.05. The van der Waals surface area contributed by atoms with Gasteiger partial charge in [0.05, 0.1) is 0 Å². The van der Waals surface area contributed by atoms with E-state index in [1.54, 1.807) is 0 Å². The van der Waals surface area contributed by atoms with E-state index in [4.69, 9.17) is 0 Å². The van der Waals surface area contributed by atoms with E-state index < -0.39 is 0 Å². The largest absolute Gasteiger partial charge is 0.294 e. The van der Waals surface area contributed by atoms with Crippen molar-refractivity contribution in [3.63, 3.8) is 0 Å². The summed E-state index contributed by atoms with van der Waals surface area (Å²) in [6.45, 7) is 12.2. The van der Waals surface area contributed by atoms with E-state index in [9.17, 15) is 4.79 Å². The van der Waals surface area contributed by atoms with Crippen LogP contribution in [0.15, 0.2) is 60.7 Å². The number of hydrogen-bond acceptors (Lipinski definition) is 1. The lowest BCUT2D eigenvalue weighted by molar-refractivity contribution is 0.0980. The Bertz CT molecular complexity index is 460. The van der Waals surface area contributed by atoms with Crippen LogP contribution in [-0.4, -0.2) is 5.78 Å². The fourth-order valence-corrected chi connectivity index (χ4v) is 1.64. The minimum absolute atomic E-state index is 0.262. The molecule has 0 aliphatic heterocycles. The predicted molar refractivity (Wildman–Crippen MR) is 104 cm³/mol. The number of Topliss-reactive ketones (excluding diaryl/α,β-unsaturated/α-hetero) is 1. The lowest BCUT2D eigenvalue weighted by Crippen LogP contribution is -1.97. The lowest BCUT2D eigenvalue weighted by atomic mass is 10.1. The standard InChI is InChI=1S/C11H14O.C7H8.2C2H6/c1-2-3-9-11(12)10-7-5-4-6-8-10;1-7-5-3-2-4-6-7;2*1-2/h4-8H,2-3,9H2,1H3;2-6H,1H3;2*1-2H3. The molecule has 0 aliphatic carbocycles. The number of rotatable bonds is 4. The number of carbonyl (C=O) groups is 1. The number of benzene rings is 2. The van der Waals surface area contributed by atoms with Crippen molar-refractivity contribution in [3.05, 3.63) is 71.8 Å². The Kier molecular flexibility index (Phi) is 18.5. The van der Waals surface area contributed by atoms with Gasteiger partial charge in [0.2, 0.25) is 0 Å². The average molecular weight is 315 g/mol. The first-order valence-corrected chi connectivity index (χ1v) is 8.84. The van der Waals surface area contributed by atoms with Crippen LogP contribution in [0.3, 0.4) is 0 Å². The first kappa shape index (κ1) is 23.4. The van der Waals surface area contributed by atoms with Gasteiger partial charge in [-0.3, -0.25) is 4.79 Å². The third-order valence-electron chi connectivity index (χ3n) is 2.79. The summed E-state index contributed by atoms with van der Waals surface area (Å²) in [5.74, 6) is 0.262. The summed E-state index contributed by atoms with van der Waals surface area (Å²) >= 11 is 0. The van der Waals surface area contributed by atoms with E-state index in [0.717, 1.165) is 18.4 Å². The Morgan fingerprint density at radius 1 is 0.783 bits per heavy atom. The maximum Gasteiger partial charge on any atom is 0.162 e. The summed E-state index contributed by atoms with van der Waals surface area (Å²) in [6, 6.07) is 19.7. The Labute approximate surface area is 143 Å². The summed E-state index contributed by atoms with van der Waals surface area (Å²) in [6.07, 6.45) is 2.76. The molecule has 0 unspecified atom stereocenters. The predicted octanol–water partition coefficient (Wildman–Crippen LogP) is 7.11. The lowest BCUT2D eigenvalue weighted by Gasteiger charge is -1.97. The molecule has 1 nitrogen and oxygen atoms in total. The second kappa shape index (κ2) is 18.2. The van der Waals surface area contributed by atoms with Crippen LogP contribution in [0.4, 0.5) is 0 Å². The zero-order valence-electron chi connectivity index (χ0n) is 15.8. The van der Waals surface area contributed by atoms with Crippen LogP contribution >= 0.6 is 0 Å². The molecular weight excluding hydrogens is 280 g/mol. The molecule has 23 heavy (non-hydrogen) atoms. The monoisotopic (exact) mass is 314 g/mol. The molecule has 0 aliphatic rings. The molecule has 1 heteroatoms. The van der Waals surface area contributed by atoms with E-state index in [2.05, 4.69) is 26.0 Å². The van der Waals surface area contributed by atoms with Gasteiger partial charge in [0.25, 0.3) is 0 Å². The molecule has 0 spiro atoms. The van der Waals surface area contributed by atoms with Gasteiger partial charge in [-0.1, -0.05) is 107 Å². The average Bonchev–Trinajstić information content (AvgIpc) is 2.65. The van der Waals surface area contributed by atoms with Crippen LogP contribution in [0, 0.1) is 6.92 Å². The van der Waals surface area contributed by atoms with Crippen molar-refractivity contribution in [2.45, 2.75) is 60.8 Å². The molecule has 128 valence electrons. The van der Waals surface area contributed by atoms with Gasteiger partial charge in [0.15, 0.2) is 5.78 Å². The quantitative estimate of drug-likeness (QED) is 0.550. The molecular formula is C22H34O. The highest BCUT2D eigenvalue weighted by Gasteiger charge is 2.02. The minimum atomic E-state index is 0.262. The van der Waals surface area contributed by atoms with Crippen molar-refractivity contribution < 1.29 is 4.79 Å². The fraction of sp³-hybridized carbons (Fsp3) is 0.409. The molecule has 2 rings (SSSR count). The van der Waals surface area contributed by atoms with E-state index in [1.807, 2.05) is 76.2 Å². The molecule has 0 heterocycles. The van der Waals surface area contributed by atoms with Crippen molar-refractivity contribution in [3.8, 4) is 0 Å². The van der Waals surface area contributed by atoms with Gasteiger partial charge in [0, 0.05) is 12.0 Å². The topological polar surface area (TPSA) is 17.1 Å². The maximum absolute atomic E-state index is 11.4. The summed E-state index contributed by atoms with van der Waals surface area (Å²) in [7, 11) is 0. The first-order chi connectivity index (χ1) is 11.2. The van der Waals surface area contributed by atoms with Gasteiger partial charge in [0.1, 0.15) is 0 Å². The van der Waals surface area contributed by atoms with Crippen LogP contribution in [0.5, 0.6) is 0 Å². The van der Waals surface area contributed by atoms with Crippen molar-refractivity contribution in [2.24, 2.45) is 0 Å². The molecule has 2 aromatic rings. The molecule has 0 N–H and O–H groups in total. The fourth-order valence-electron chi connectivity index (χ4n) is 1.64. The normalized spacial score (nSPS) is 8.26. The second-order valence-electron chi connectivity index (χ2n) is 4.55. The van der Waals surface area contributed by atoms with Crippen molar-refractivity contribution in [1.82, 2.24) is 0 Å². The molecule has 0 fully saturated rings. The van der Waals surface area contributed by atoms with E-state index >= 15 is 0 Å². The minimum Gasteiger partial charge on any atom is -0.294 e. The molecule has 0 aromatic heterocycles. The van der Waals surface area contributed by atoms with Gasteiger partial charge in [-0.25, -0.2) is 0 Å². The van der Waals surface area contributed by atoms with Gasteiger partial charge in [-0.2, -0.15) is 0 Å². The molecule has 0 atom stereocenters. The Morgan fingerprint density at radius 2 is 1.22 bits per heavy atom. The van der Waals surface area contributed by atoms with Crippen LogP contribution in [0.25, 0.3) is 0 Å². The Morgan fingerprint density at radius 3 is 1.57 bits per heavy atom. The van der Waals surface area contributed by atoms with Gasteiger partial charge in [-0.05, 0) is 13.3 Å². The van der Waals surface area contributed by atoms with Crippen LogP contribution in [-0.2, 0) is 0 Å². The molecule has 0 radical (unpaired) electrons.